The minimum Gasteiger partial charge on any atom is -0.394 e. The molecule has 1 saturated carbocycles. The number of thiophene rings is 1. The first kappa shape index (κ1) is 13.5. The Morgan fingerprint density at radius 2 is 2.12 bits per heavy atom. The summed E-state index contributed by atoms with van der Waals surface area (Å²) in [5.74, 6) is -0.0997. The third kappa shape index (κ3) is 2.92. The Bertz CT molecular complexity index is 408. The van der Waals surface area contributed by atoms with Gasteiger partial charge in [-0.05, 0) is 50.8 Å². The average Bonchev–Trinajstić information content (AvgIpc) is 2.88. The van der Waals surface area contributed by atoms with Crippen molar-refractivity contribution in [1.29, 1.82) is 0 Å². The Kier molecular flexibility index (Phi) is 4.28. The highest BCUT2D eigenvalue weighted by Gasteiger charge is 2.35. The van der Waals surface area contributed by atoms with Gasteiger partial charge in [0.05, 0.1) is 20.8 Å². The summed E-state index contributed by atoms with van der Waals surface area (Å²) in [7, 11) is 0. The molecule has 0 unspecified atom stereocenters. The topological polar surface area (TPSA) is 49.3 Å². The number of carbonyl (C=O) groups is 1. The molecular weight excluding hydrogens is 370 g/mol. The number of amides is 1. The molecule has 0 aliphatic heterocycles. The highest BCUT2D eigenvalue weighted by Crippen LogP contribution is 2.34. The molecule has 0 saturated heterocycles. The lowest BCUT2D eigenvalue weighted by molar-refractivity contribution is 0.0842. The van der Waals surface area contributed by atoms with E-state index in [-0.39, 0.29) is 12.5 Å². The maximum absolute atomic E-state index is 12.1. The lowest BCUT2D eigenvalue weighted by Crippen LogP contribution is -2.49. The summed E-state index contributed by atoms with van der Waals surface area (Å²) in [5, 5.41) is 12.4. The van der Waals surface area contributed by atoms with Crippen LogP contribution in [-0.2, 0) is 0 Å². The predicted molar refractivity (Wildman–Crippen MR) is 75.5 cm³/mol. The molecule has 1 fully saturated rings. The van der Waals surface area contributed by atoms with Crippen molar-refractivity contribution in [3.8, 4) is 0 Å². The van der Waals surface area contributed by atoms with Crippen LogP contribution >= 0.6 is 43.2 Å². The fraction of sp³-hybridized carbons (Fsp3) is 0.545. The van der Waals surface area contributed by atoms with Crippen LogP contribution in [0, 0.1) is 0 Å². The summed E-state index contributed by atoms with van der Waals surface area (Å²) in [6, 6.07) is 1.80. The number of carbonyl (C=O) groups excluding carboxylic acids is 1. The standard InChI is InChI=1S/C11H13Br2NO2S/c12-7-5-8(17-9(7)13)10(16)14-11(6-15)3-1-2-4-11/h5,15H,1-4,6H2,(H,14,16). The fourth-order valence-corrected chi connectivity index (χ4v) is 4.07. The molecule has 17 heavy (non-hydrogen) atoms. The van der Waals surface area contributed by atoms with Crippen molar-refractivity contribution < 1.29 is 9.90 Å². The number of halogens is 2. The Morgan fingerprint density at radius 3 is 2.59 bits per heavy atom. The van der Waals surface area contributed by atoms with Crippen molar-refractivity contribution in [3.63, 3.8) is 0 Å². The molecule has 0 spiro atoms. The molecule has 1 heterocycles. The number of hydrogen-bond donors (Lipinski definition) is 2. The smallest absolute Gasteiger partial charge is 0.261 e. The van der Waals surface area contributed by atoms with Gasteiger partial charge in [-0.3, -0.25) is 4.79 Å². The summed E-state index contributed by atoms with van der Waals surface area (Å²) >= 11 is 8.12. The Labute approximate surface area is 121 Å². The second-order valence-electron chi connectivity index (χ2n) is 4.33. The van der Waals surface area contributed by atoms with Gasteiger partial charge in [0.2, 0.25) is 0 Å². The molecule has 2 rings (SSSR count). The monoisotopic (exact) mass is 381 g/mol. The second-order valence-corrected chi connectivity index (χ2v) is 7.56. The van der Waals surface area contributed by atoms with Crippen LogP contribution in [0.25, 0.3) is 0 Å². The van der Waals surface area contributed by atoms with Crippen LogP contribution in [0.4, 0.5) is 0 Å². The van der Waals surface area contributed by atoms with Gasteiger partial charge >= 0.3 is 0 Å². The van der Waals surface area contributed by atoms with E-state index in [1.54, 1.807) is 6.07 Å². The molecular formula is C11H13Br2NO2S. The normalized spacial score (nSPS) is 18.3. The molecule has 1 aliphatic rings. The summed E-state index contributed by atoms with van der Waals surface area (Å²) < 4.78 is 1.80. The number of aliphatic hydroxyl groups is 1. The highest BCUT2D eigenvalue weighted by atomic mass is 79.9. The molecule has 1 amide bonds. The van der Waals surface area contributed by atoms with Crippen molar-refractivity contribution in [1.82, 2.24) is 5.32 Å². The zero-order valence-corrected chi connectivity index (χ0v) is 13.1. The second kappa shape index (κ2) is 5.38. The van der Waals surface area contributed by atoms with E-state index in [9.17, 15) is 9.90 Å². The average molecular weight is 383 g/mol. The molecule has 0 bridgehead atoms. The van der Waals surface area contributed by atoms with Crippen LogP contribution in [-0.4, -0.2) is 23.2 Å². The lowest BCUT2D eigenvalue weighted by Gasteiger charge is -2.27. The third-order valence-electron chi connectivity index (χ3n) is 3.11. The molecule has 0 radical (unpaired) electrons. The zero-order valence-electron chi connectivity index (χ0n) is 9.13. The summed E-state index contributed by atoms with van der Waals surface area (Å²) in [6.07, 6.45) is 3.86. The first-order chi connectivity index (χ1) is 8.06. The molecule has 1 aromatic heterocycles. The zero-order chi connectivity index (χ0) is 12.5. The van der Waals surface area contributed by atoms with E-state index in [0.717, 1.165) is 33.9 Å². The molecule has 0 aromatic carbocycles. The van der Waals surface area contributed by atoms with Gasteiger partial charge in [0.1, 0.15) is 0 Å². The number of hydrogen-bond acceptors (Lipinski definition) is 3. The van der Waals surface area contributed by atoms with E-state index in [1.165, 1.54) is 11.3 Å². The highest BCUT2D eigenvalue weighted by molar-refractivity contribution is 9.13. The summed E-state index contributed by atoms with van der Waals surface area (Å²) in [5.41, 5.74) is -0.403. The molecule has 0 atom stereocenters. The van der Waals surface area contributed by atoms with E-state index in [2.05, 4.69) is 37.2 Å². The van der Waals surface area contributed by atoms with Crippen molar-refractivity contribution >= 4 is 49.1 Å². The molecule has 2 N–H and O–H groups in total. The third-order valence-corrected chi connectivity index (χ3v) is 6.37. The first-order valence-corrected chi connectivity index (χ1v) is 7.85. The molecule has 3 nitrogen and oxygen atoms in total. The Morgan fingerprint density at radius 1 is 1.47 bits per heavy atom. The van der Waals surface area contributed by atoms with Gasteiger partial charge in [-0.2, -0.15) is 0 Å². The maximum Gasteiger partial charge on any atom is 0.261 e. The van der Waals surface area contributed by atoms with Gasteiger partial charge in [-0.25, -0.2) is 0 Å². The van der Waals surface area contributed by atoms with Gasteiger partial charge < -0.3 is 10.4 Å². The van der Waals surface area contributed by atoms with Crippen molar-refractivity contribution in [2.45, 2.75) is 31.2 Å². The van der Waals surface area contributed by atoms with E-state index in [0.29, 0.717) is 4.88 Å². The van der Waals surface area contributed by atoms with Crippen LogP contribution in [0.2, 0.25) is 0 Å². The molecule has 94 valence electrons. The largest absolute Gasteiger partial charge is 0.394 e. The van der Waals surface area contributed by atoms with Gasteiger partial charge in [-0.15, -0.1) is 11.3 Å². The van der Waals surface area contributed by atoms with Crippen LogP contribution in [0.15, 0.2) is 14.3 Å². The molecule has 1 aromatic rings. The lowest BCUT2D eigenvalue weighted by atomic mass is 9.99. The predicted octanol–water partition coefficient (Wildman–Crippen LogP) is 3.31. The van der Waals surface area contributed by atoms with E-state index >= 15 is 0 Å². The minimum atomic E-state index is -0.403. The summed E-state index contributed by atoms with van der Waals surface area (Å²) in [4.78, 5) is 12.7. The summed E-state index contributed by atoms with van der Waals surface area (Å²) in [6.45, 7) is 0.0203. The van der Waals surface area contributed by atoms with Gasteiger partial charge in [-0.1, -0.05) is 12.8 Å². The first-order valence-electron chi connectivity index (χ1n) is 5.44. The van der Waals surface area contributed by atoms with E-state index in [4.69, 9.17) is 0 Å². The fourth-order valence-electron chi connectivity index (χ4n) is 2.14. The van der Waals surface area contributed by atoms with Crippen LogP contribution in [0.1, 0.15) is 35.4 Å². The SMILES string of the molecule is O=C(NC1(CO)CCCC1)c1cc(Br)c(Br)s1. The number of nitrogens with one attached hydrogen (secondary N) is 1. The van der Waals surface area contributed by atoms with Crippen LogP contribution in [0.5, 0.6) is 0 Å². The van der Waals surface area contributed by atoms with Crippen molar-refractivity contribution in [3.05, 3.63) is 19.2 Å². The number of aliphatic hydroxyl groups excluding tert-OH is 1. The quantitative estimate of drug-likeness (QED) is 0.842. The van der Waals surface area contributed by atoms with Crippen molar-refractivity contribution in [2.75, 3.05) is 6.61 Å². The van der Waals surface area contributed by atoms with Crippen LogP contribution < -0.4 is 5.32 Å². The maximum atomic E-state index is 12.1. The van der Waals surface area contributed by atoms with Gasteiger partial charge in [0.15, 0.2) is 0 Å². The number of rotatable bonds is 3. The minimum absolute atomic E-state index is 0.0203. The van der Waals surface area contributed by atoms with E-state index in [1.807, 2.05) is 0 Å². The van der Waals surface area contributed by atoms with E-state index < -0.39 is 5.54 Å². The Balaban J connectivity index is 2.10. The molecule has 1 aliphatic carbocycles. The molecule has 6 heteroatoms. The Hall–Kier alpha value is 0.0900. The van der Waals surface area contributed by atoms with Crippen molar-refractivity contribution in [2.24, 2.45) is 0 Å². The van der Waals surface area contributed by atoms with Gasteiger partial charge in [0, 0.05) is 4.47 Å². The van der Waals surface area contributed by atoms with Gasteiger partial charge in [0.25, 0.3) is 5.91 Å². The van der Waals surface area contributed by atoms with Crippen LogP contribution in [0.3, 0.4) is 0 Å².